The molecule has 4 nitrogen and oxygen atoms in total. The third-order valence-electron chi connectivity index (χ3n) is 5.20. The molecule has 0 saturated carbocycles. The van der Waals surface area contributed by atoms with Gasteiger partial charge in [0.25, 0.3) is 0 Å². The quantitative estimate of drug-likeness (QED) is 0.749. The highest BCUT2D eigenvalue weighted by molar-refractivity contribution is 5.69. The van der Waals surface area contributed by atoms with Crippen LogP contribution in [0.5, 0.6) is 0 Å². The maximum Gasteiger partial charge on any atom is 0.0991 e. The van der Waals surface area contributed by atoms with Crippen molar-refractivity contribution in [1.29, 1.82) is 0 Å². The number of hydrogen-bond donors (Lipinski definition) is 1. The lowest BCUT2D eigenvalue weighted by atomic mass is 9.83. The van der Waals surface area contributed by atoms with E-state index in [2.05, 4.69) is 44.6 Å². The minimum Gasteiger partial charge on any atom is -0.386 e. The Hall–Kier alpha value is -2.33. The molecule has 0 unspecified atom stereocenters. The van der Waals surface area contributed by atoms with Crippen molar-refractivity contribution in [2.45, 2.75) is 25.1 Å². The molecule has 2 aliphatic rings. The van der Waals surface area contributed by atoms with Crippen LogP contribution < -0.4 is 0 Å². The Morgan fingerprint density at radius 2 is 2.05 bits per heavy atom. The van der Waals surface area contributed by atoms with Crippen LogP contribution >= 0.6 is 0 Å². The summed E-state index contributed by atoms with van der Waals surface area (Å²) in [4.78, 5) is 4.32. The van der Waals surface area contributed by atoms with E-state index in [0.717, 1.165) is 24.4 Å². The van der Waals surface area contributed by atoms with Crippen LogP contribution in [-0.4, -0.2) is 19.2 Å². The standard InChI is InChI=1S/C18H17N3O/c22-18-14(7-9-20-8-3-6-15(18)20)17-13-5-2-1-4-12(13)16-10-19-11-21(16)17/h1-6,8,10-11,14,17-18,22H,7,9H2/t14-,17-,18+/m1/s1. The van der Waals surface area contributed by atoms with Crippen LogP contribution in [0.1, 0.15) is 29.8 Å². The Kier molecular flexibility index (Phi) is 2.41. The molecule has 0 radical (unpaired) electrons. The average molecular weight is 291 g/mol. The molecule has 2 aromatic heterocycles. The molecule has 1 aromatic carbocycles. The SMILES string of the molecule is O[C@@H]1c2cccn2CC[C@@H]1[C@H]1c2ccccc2-c2cncn21. The van der Waals surface area contributed by atoms with E-state index in [1.807, 2.05) is 24.7 Å². The smallest absolute Gasteiger partial charge is 0.0991 e. The molecule has 0 aliphatic carbocycles. The second-order valence-electron chi connectivity index (χ2n) is 6.24. The van der Waals surface area contributed by atoms with Crippen LogP contribution in [-0.2, 0) is 6.54 Å². The zero-order valence-corrected chi connectivity index (χ0v) is 12.1. The Bertz CT molecular complexity index is 847. The summed E-state index contributed by atoms with van der Waals surface area (Å²) >= 11 is 0. The number of nitrogens with zero attached hydrogens (tertiary/aromatic N) is 3. The molecule has 0 fully saturated rings. The topological polar surface area (TPSA) is 43.0 Å². The summed E-state index contributed by atoms with van der Waals surface area (Å²) in [5.74, 6) is 0.180. The second kappa shape index (κ2) is 4.34. The average Bonchev–Trinajstić information content (AvgIpc) is 3.23. The number of aromatic nitrogens is 3. The molecule has 0 spiro atoms. The minimum atomic E-state index is -0.435. The van der Waals surface area contributed by atoms with Crippen LogP contribution in [0.15, 0.2) is 55.1 Å². The summed E-state index contributed by atoms with van der Waals surface area (Å²) in [6.45, 7) is 0.965. The molecule has 0 amide bonds. The van der Waals surface area contributed by atoms with Crippen molar-refractivity contribution in [3.05, 3.63) is 66.4 Å². The fourth-order valence-electron chi connectivity index (χ4n) is 4.21. The number of aryl methyl sites for hydroxylation is 1. The highest BCUT2D eigenvalue weighted by atomic mass is 16.3. The number of fused-ring (bicyclic) bond motifs is 4. The zero-order valence-electron chi connectivity index (χ0n) is 12.1. The number of aliphatic hydroxyl groups is 1. The van der Waals surface area contributed by atoms with Gasteiger partial charge in [-0.3, -0.25) is 0 Å². The molecule has 3 atom stereocenters. The zero-order chi connectivity index (χ0) is 14.7. The third-order valence-corrected chi connectivity index (χ3v) is 5.20. The third kappa shape index (κ3) is 1.48. The van der Waals surface area contributed by atoms with Gasteiger partial charge in [-0.25, -0.2) is 4.98 Å². The predicted octanol–water partition coefficient (Wildman–Crippen LogP) is 3.01. The molecule has 3 aromatic rings. The van der Waals surface area contributed by atoms with Crippen molar-refractivity contribution >= 4 is 0 Å². The van der Waals surface area contributed by atoms with Gasteiger partial charge in [0, 0.05) is 29.9 Å². The van der Waals surface area contributed by atoms with Crippen LogP contribution in [0.2, 0.25) is 0 Å². The van der Waals surface area contributed by atoms with Gasteiger partial charge in [-0.2, -0.15) is 0 Å². The van der Waals surface area contributed by atoms with Gasteiger partial charge in [0.1, 0.15) is 0 Å². The van der Waals surface area contributed by atoms with Crippen molar-refractivity contribution in [2.75, 3.05) is 0 Å². The maximum atomic E-state index is 10.9. The highest BCUT2D eigenvalue weighted by Gasteiger charge is 2.40. The fraction of sp³-hybridized carbons (Fsp3) is 0.278. The lowest BCUT2D eigenvalue weighted by Crippen LogP contribution is -2.30. The summed E-state index contributed by atoms with van der Waals surface area (Å²) in [6.07, 6.45) is 6.42. The van der Waals surface area contributed by atoms with Gasteiger partial charge in [-0.15, -0.1) is 0 Å². The summed E-state index contributed by atoms with van der Waals surface area (Å²) in [7, 11) is 0. The highest BCUT2D eigenvalue weighted by Crippen LogP contribution is 2.48. The van der Waals surface area contributed by atoms with Crippen LogP contribution in [0, 0.1) is 5.92 Å². The van der Waals surface area contributed by atoms with E-state index in [1.54, 1.807) is 0 Å². The van der Waals surface area contributed by atoms with Gasteiger partial charge in [0.05, 0.1) is 30.4 Å². The van der Waals surface area contributed by atoms with Crippen molar-refractivity contribution < 1.29 is 5.11 Å². The summed E-state index contributed by atoms with van der Waals surface area (Å²) in [5.41, 5.74) is 4.75. The van der Waals surface area contributed by atoms with E-state index < -0.39 is 6.10 Å². The van der Waals surface area contributed by atoms with Crippen LogP contribution in [0.3, 0.4) is 0 Å². The first-order valence-electron chi connectivity index (χ1n) is 7.79. The van der Waals surface area contributed by atoms with Crippen molar-refractivity contribution in [3.63, 3.8) is 0 Å². The molecule has 0 saturated heterocycles. The summed E-state index contributed by atoms with van der Waals surface area (Å²) in [5, 5.41) is 10.9. The van der Waals surface area contributed by atoms with Crippen molar-refractivity contribution in [3.8, 4) is 11.3 Å². The second-order valence-corrected chi connectivity index (χ2v) is 6.24. The first-order valence-corrected chi connectivity index (χ1v) is 7.79. The normalized spacial score (nSPS) is 25.6. The van der Waals surface area contributed by atoms with Gasteiger partial charge < -0.3 is 14.2 Å². The minimum absolute atomic E-state index is 0.173. The van der Waals surface area contributed by atoms with E-state index in [1.165, 1.54) is 11.1 Å². The number of benzene rings is 1. The Balaban J connectivity index is 1.65. The number of imidazole rings is 1. The first kappa shape index (κ1) is 12.2. The first-order chi connectivity index (χ1) is 10.8. The molecule has 4 heteroatoms. The molecule has 22 heavy (non-hydrogen) atoms. The van der Waals surface area contributed by atoms with Crippen LogP contribution in [0.4, 0.5) is 0 Å². The largest absolute Gasteiger partial charge is 0.386 e. The summed E-state index contributed by atoms with van der Waals surface area (Å²) < 4.78 is 4.40. The number of hydrogen-bond acceptors (Lipinski definition) is 2. The van der Waals surface area contributed by atoms with Gasteiger partial charge in [-0.05, 0) is 24.1 Å². The van der Waals surface area contributed by atoms with E-state index in [9.17, 15) is 5.11 Å². The lowest BCUT2D eigenvalue weighted by Gasteiger charge is -2.35. The van der Waals surface area contributed by atoms with Gasteiger partial charge in [-0.1, -0.05) is 24.3 Å². The molecule has 4 heterocycles. The fourth-order valence-corrected chi connectivity index (χ4v) is 4.21. The van der Waals surface area contributed by atoms with E-state index in [-0.39, 0.29) is 12.0 Å². The van der Waals surface area contributed by atoms with E-state index in [4.69, 9.17) is 0 Å². The van der Waals surface area contributed by atoms with Gasteiger partial charge in [0.2, 0.25) is 0 Å². The summed E-state index contributed by atoms with van der Waals surface area (Å²) in [6, 6.07) is 12.7. The van der Waals surface area contributed by atoms with Crippen molar-refractivity contribution in [2.24, 2.45) is 5.92 Å². The Morgan fingerprint density at radius 1 is 1.14 bits per heavy atom. The molecule has 110 valence electrons. The number of rotatable bonds is 1. The van der Waals surface area contributed by atoms with E-state index >= 15 is 0 Å². The lowest BCUT2D eigenvalue weighted by molar-refractivity contribution is 0.0556. The number of aliphatic hydroxyl groups excluding tert-OH is 1. The molecule has 5 rings (SSSR count). The van der Waals surface area contributed by atoms with E-state index in [0.29, 0.717) is 0 Å². The monoisotopic (exact) mass is 291 g/mol. The maximum absolute atomic E-state index is 10.9. The van der Waals surface area contributed by atoms with Gasteiger partial charge in [0.15, 0.2) is 0 Å². The predicted molar refractivity (Wildman–Crippen MR) is 83.3 cm³/mol. The molecule has 0 bridgehead atoms. The molecular formula is C18H17N3O. The molecule has 2 aliphatic heterocycles. The van der Waals surface area contributed by atoms with Crippen molar-refractivity contribution in [1.82, 2.24) is 14.1 Å². The Labute approximate surface area is 128 Å². The molecular weight excluding hydrogens is 274 g/mol. The van der Waals surface area contributed by atoms with Gasteiger partial charge >= 0.3 is 0 Å². The molecule has 1 N–H and O–H groups in total. The van der Waals surface area contributed by atoms with Crippen LogP contribution in [0.25, 0.3) is 11.3 Å². The Morgan fingerprint density at radius 3 is 3.00 bits per heavy atom.